The van der Waals surface area contributed by atoms with E-state index in [-0.39, 0.29) is 11.4 Å². The molecular weight excluding hydrogens is 216 g/mol. The molecule has 0 fully saturated rings. The Labute approximate surface area is 89.5 Å². The van der Waals surface area contributed by atoms with Crippen molar-refractivity contribution in [3.8, 4) is 0 Å². The van der Waals surface area contributed by atoms with Gasteiger partial charge in [-0.05, 0) is 13.8 Å². The van der Waals surface area contributed by atoms with Gasteiger partial charge in [0.2, 0.25) is 10.0 Å². The number of nitrogens with two attached hydrogens (primary N) is 1. The van der Waals surface area contributed by atoms with E-state index in [2.05, 4.69) is 10.2 Å². The first kappa shape index (κ1) is 12.2. The molecule has 86 valence electrons. The molecule has 15 heavy (non-hydrogen) atoms. The molecule has 6 nitrogen and oxygen atoms in total. The predicted molar refractivity (Wildman–Crippen MR) is 56.7 cm³/mol. The number of H-pyrrole nitrogens is 1. The van der Waals surface area contributed by atoms with Gasteiger partial charge in [-0.15, -0.1) is 0 Å². The highest BCUT2D eigenvalue weighted by Crippen LogP contribution is 2.20. The van der Waals surface area contributed by atoms with Gasteiger partial charge in [0.25, 0.3) is 0 Å². The summed E-state index contributed by atoms with van der Waals surface area (Å²) in [6.45, 7) is 3.79. The van der Waals surface area contributed by atoms with Crippen LogP contribution in [-0.4, -0.2) is 42.1 Å². The molecule has 1 heterocycles. The lowest BCUT2D eigenvalue weighted by atomic mass is 10.1. The molecule has 0 aliphatic carbocycles. The maximum Gasteiger partial charge on any atom is 0.246 e. The SMILES string of the molecule is CN(C(C)(C)CN)S(=O)(=O)c1cn[nH]c1. The highest BCUT2D eigenvalue weighted by molar-refractivity contribution is 7.89. The van der Waals surface area contributed by atoms with Crippen LogP contribution in [0, 0.1) is 0 Å². The fourth-order valence-corrected chi connectivity index (χ4v) is 2.42. The molecule has 0 aliphatic heterocycles. The first-order valence-corrected chi connectivity index (χ1v) is 5.94. The zero-order chi connectivity index (χ0) is 11.7. The average molecular weight is 232 g/mol. The minimum absolute atomic E-state index is 0.145. The van der Waals surface area contributed by atoms with Crippen molar-refractivity contribution < 1.29 is 8.42 Å². The topological polar surface area (TPSA) is 92.1 Å². The van der Waals surface area contributed by atoms with E-state index < -0.39 is 15.6 Å². The molecule has 1 aromatic rings. The van der Waals surface area contributed by atoms with Crippen LogP contribution in [0.4, 0.5) is 0 Å². The van der Waals surface area contributed by atoms with Gasteiger partial charge in [-0.2, -0.15) is 9.40 Å². The van der Waals surface area contributed by atoms with E-state index >= 15 is 0 Å². The van der Waals surface area contributed by atoms with Gasteiger partial charge in [0.1, 0.15) is 4.90 Å². The molecule has 0 saturated heterocycles. The number of nitrogens with one attached hydrogen (secondary N) is 1. The highest BCUT2D eigenvalue weighted by Gasteiger charge is 2.33. The van der Waals surface area contributed by atoms with Crippen molar-refractivity contribution in [3.63, 3.8) is 0 Å². The van der Waals surface area contributed by atoms with Crippen molar-refractivity contribution in [2.24, 2.45) is 5.73 Å². The summed E-state index contributed by atoms with van der Waals surface area (Å²) in [6, 6.07) is 0. The Morgan fingerprint density at radius 3 is 2.60 bits per heavy atom. The summed E-state index contributed by atoms with van der Waals surface area (Å²) in [4.78, 5) is 0.145. The maximum absolute atomic E-state index is 12.0. The van der Waals surface area contributed by atoms with Crippen LogP contribution >= 0.6 is 0 Å². The smallest absolute Gasteiger partial charge is 0.246 e. The van der Waals surface area contributed by atoms with Crippen molar-refractivity contribution in [1.82, 2.24) is 14.5 Å². The maximum atomic E-state index is 12.0. The Morgan fingerprint density at radius 2 is 2.20 bits per heavy atom. The standard InChI is InChI=1S/C8H16N4O2S/c1-8(2,6-9)12(3)15(13,14)7-4-10-11-5-7/h4-5H,6,9H2,1-3H3,(H,10,11). The summed E-state index contributed by atoms with van der Waals surface area (Å²) in [6.07, 6.45) is 2.62. The average Bonchev–Trinajstić information content (AvgIpc) is 2.69. The molecular formula is C8H16N4O2S. The van der Waals surface area contributed by atoms with Crippen molar-refractivity contribution in [2.45, 2.75) is 24.3 Å². The lowest BCUT2D eigenvalue weighted by Crippen LogP contribution is -2.49. The van der Waals surface area contributed by atoms with E-state index in [1.807, 2.05) is 0 Å². The summed E-state index contributed by atoms with van der Waals surface area (Å²) in [5.41, 5.74) is 4.91. The van der Waals surface area contributed by atoms with Gasteiger partial charge in [-0.3, -0.25) is 5.10 Å². The Bertz CT molecular complexity index is 410. The van der Waals surface area contributed by atoms with Crippen LogP contribution < -0.4 is 5.73 Å². The van der Waals surface area contributed by atoms with Crippen molar-refractivity contribution >= 4 is 10.0 Å². The zero-order valence-corrected chi connectivity index (χ0v) is 9.87. The lowest BCUT2D eigenvalue weighted by Gasteiger charge is -2.32. The Balaban J connectivity index is 3.09. The predicted octanol–water partition coefficient (Wildman–Crippen LogP) is -0.232. The minimum Gasteiger partial charge on any atom is -0.329 e. The van der Waals surface area contributed by atoms with Gasteiger partial charge in [0.15, 0.2) is 0 Å². The quantitative estimate of drug-likeness (QED) is 0.750. The molecule has 1 aromatic heterocycles. The van der Waals surface area contributed by atoms with E-state index in [0.717, 1.165) is 0 Å². The molecule has 0 unspecified atom stereocenters. The fraction of sp³-hybridized carbons (Fsp3) is 0.625. The number of likely N-dealkylation sites (N-methyl/N-ethyl adjacent to an activating group) is 1. The number of aromatic nitrogens is 2. The fourth-order valence-electron chi connectivity index (χ4n) is 0.992. The van der Waals surface area contributed by atoms with E-state index in [9.17, 15) is 8.42 Å². The molecule has 0 aliphatic rings. The van der Waals surface area contributed by atoms with Gasteiger partial charge < -0.3 is 5.73 Å². The zero-order valence-electron chi connectivity index (χ0n) is 9.06. The van der Waals surface area contributed by atoms with E-state index in [0.29, 0.717) is 0 Å². The molecule has 0 amide bonds. The minimum atomic E-state index is -3.51. The number of sulfonamides is 1. The summed E-state index contributed by atoms with van der Waals surface area (Å²) >= 11 is 0. The molecule has 0 spiro atoms. The Morgan fingerprint density at radius 1 is 1.60 bits per heavy atom. The summed E-state index contributed by atoms with van der Waals surface area (Å²) < 4.78 is 25.3. The molecule has 0 saturated carbocycles. The largest absolute Gasteiger partial charge is 0.329 e. The molecule has 7 heteroatoms. The van der Waals surface area contributed by atoms with Crippen LogP contribution in [0.2, 0.25) is 0 Å². The Hall–Kier alpha value is -0.920. The van der Waals surface area contributed by atoms with Gasteiger partial charge in [0, 0.05) is 25.3 Å². The lowest BCUT2D eigenvalue weighted by molar-refractivity contribution is 0.274. The Kier molecular flexibility index (Phi) is 3.17. The van der Waals surface area contributed by atoms with Crippen molar-refractivity contribution in [3.05, 3.63) is 12.4 Å². The van der Waals surface area contributed by atoms with Crippen molar-refractivity contribution in [1.29, 1.82) is 0 Å². The van der Waals surface area contributed by atoms with Crippen LogP contribution in [0.1, 0.15) is 13.8 Å². The van der Waals surface area contributed by atoms with Crippen LogP contribution in [-0.2, 0) is 10.0 Å². The van der Waals surface area contributed by atoms with Crippen LogP contribution in [0.15, 0.2) is 17.3 Å². The number of hydrogen-bond donors (Lipinski definition) is 2. The first-order valence-electron chi connectivity index (χ1n) is 4.50. The van der Waals surface area contributed by atoms with Crippen molar-refractivity contribution in [2.75, 3.05) is 13.6 Å². The third-order valence-electron chi connectivity index (χ3n) is 2.48. The molecule has 0 radical (unpaired) electrons. The van der Waals surface area contributed by atoms with E-state index in [4.69, 9.17) is 5.73 Å². The third-order valence-corrected chi connectivity index (χ3v) is 4.52. The van der Waals surface area contributed by atoms with E-state index in [1.165, 1.54) is 23.7 Å². The molecule has 0 aromatic carbocycles. The normalized spacial score (nSPS) is 13.4. The molecule has 3 N–H and O–H groups in total. The molecule has 1 rings (SSSR count). The number of hydrogen-bond acceptors (Lipinski definition) is 4. The van der Waals surface area contributed by atoms with Gasteiger partial charge in [-0.1, -0.05) is 0 Å². The summed E-state index contributed by atoms with van der Waals surface area (Å²) in [7, 11) is -2.00. The number of nitrogens with zero attached hydrogens (tertiary/aromatic N) is 2. The number of rotatable bonds is 4. The van der Waals surface area contributed by atoms with Gasteiger partial charge >= 0.3 is 0 Å². The third kappa shape index (κ3) is 2.19. The highest BCUT2D eigenvalue weighted by atomic mass is 32.2. The monoisotopic (exact) mass is 232 g/mol. The first-order chi connectivity index (χ1) is 6.82. The number of aromatic amines is 1. The second kappa shape index (κ2) is 3.92. The second-order valence-electron chi connectivity index (χ2n) is 3.92. The van der Waals surface area contributed by atoms with Crippen LogP contribution in [0.5, 0.6) is 0 Å². The molecule has 0 bridgehead atoms. The molecule has 0 atom stereocenters. The summed E-state index contributed by atoms with van der Waals surface area (Å²) in [5, 5.41) is 6.09. The van der Waals surface area contributed by atoms with Crippen LogP contribution in [0.3, 0.4) is 0 Å². The van der Waals surface area contributed by atoms with Gasteiger partial charge in [0.05, 0.1) is 6.20 Å². The van der Waals surface area contributed by atoms with Crippen LogP contribution in [0.25, 0.3) is 0 Å². The van der Waals surface area contributed by atoms with E-state index in [1.54, 1.807) is 13.8 Å². The summed E-state index contributed by atoms with van der Waals surface area (Å²) in [5.74, 6) is 0. The van der Waals surface area contributed by atoms with Gasteiger partial charge in [-0.25, -0.2) is 8.42 Å². The second-order valence-corrected chi connectivity index (χ2v) is 5.89.